The average molecular weight is 240 g/mol. The van der Waals surface area contributed by atoms with Crippen molar-refractivity contribution in [1.82, 2.24) is 10.2 Å². The first kappa shape index (κ1) is 15.0. The molecule has 0 bridgehead atoms. The standard InChI is InChI=1S/C15H32N2/c1-3-11-16-15(2)10-6-9-14-17-12-7-4-5-8-13-17/h15-16H,3-14H2,1-2H3. The van der Waals surface area contributed by atoms with Gasteiger partial charge in [-0.05, 0) is 65.2 Å². The van der Waals surface area contributed by atoms with E-state index in [0.29, 0.717) is 6.04 Å². The molecule has 1 saturated heterocycles. The van der Waals surface area contributed by atoms with E-state index < -0.39 is 0 Å². The van der Waals surface area contributed by atoms with Crippen molar-refractivity contribution in [3.8, 4) is 0 Å². The van der Waals surface area contributed by atoms with Crippen molar-refractivity contribution in [2.24, 2.45) is 0 Å². The Morgan fingerprint density at radius 2 is 1.76 bits per heavy atom. The zero-order chi connectivity index (χ0) is 12.3. The van der Waals surface area contributed by atoms with Gasteiger partial charge >= 0.3 is 0 Å². The van der Waals surface area contributed by atoms with Crippen molar-refractivity contribution < 1.29 is 0 Å². The summed E-state index contributed by atoms with van der Waals surface area (Å²) in [5.74, 6) is 0. The van der Waals surface area contributed by atoms with Gasteiger partial charge < -0.3 is 10.2 Å². The van der Waals surface area contributed by atoms with Crippen molar-refractivity contribution in [3.63, 3.8) is 0 Å². The summed E-state index contributed by atoms with van der Waals surface area (Å²) in [4.78, 5) is 2.68. The molecular formula is C15H32N2. The van der Waals surface area contributed by atoms with Crippen LogP contribution in [0.4, 0.5) is 0 Å². The van der Waals surface area contributed by atoms with E-state index in [1.165, 1.54) is 77.5 Å². The van der Waals surface area contributed by atoms with Crippen molar-refractivity contribution in [2.75, 3.05) is 26.2 Å². The molecule has 1 atom stereocenters. The van der Waals surface area contributed by atoms with Gasteiger partial charge in [-0.15, -0.1) is 0 Å². The highest BCUT2D eigenvalue weighted by atomic mass is 15.1. The number of hydrogen-bond acceptors (Lipinski definition) is 2. The Morgan fingerprint density at radius 1 is 1.06 bits per heavy atom. The van der Waals surface area contributed by atoms with Crippen LogP contribution in [0.5, 0.6) is 0 Å². The van der Waals surface area contributed by atoms with Crippen LogP contribution in [0.3, 0.4) is 0 Å². The van der Waals surface area contributed by atoms with Crippen molar-refractivity contribution >= 4 is 0 Å². The molecule has 0 aliphatic carbocycles. The van der Waals surface area contributed by atoms with Crippen LogP contribution in [-0.4, -0.2) is 37.1 Å². The van der Waals surface area contributed by atoms with E-state index in [1.54, 1.807) is 0 Å². The molecule has 0 radical (unpaired) electrons. The molecule has 102 valence electrons. The van der Waals surface area contributed by atoms with Gasteiger partial charge in [-0.25, -0.2) is 0 Å². The van der Waals surface area contributed by atoms with E-state index in [0.717, 1.165) is 0 Å². The number of nitrogens with zero attached hydrogens (tertiary/aromatic N) is 1. The van der Waals surface area contributed by atoms with E-state index in [9.17, 15) is 0 Å². The normalized spacial score (nSPS) is 20.1. The molecule has 0 aromatic heterocycles. The number of unbranched alkanes of at least 4 members (excludes halogenated alkanes) is 1. The molecular weight excluding hydrogens is 208 g/mol. The molecule has 1 fully saturated rings. The van der Waals surface area contributed by atoms with Crippen molar-refractivity contribution in [1.29, 1.82) is 0 Å². The molecule has 17 heavy (non-hydrogen) atoms. The number of rotatable bonds is 8. The molecule has 1 aliphatic heterocycles. The molecule has 0 aromatic rings. The third-order valence-corrected chi connectivity index (χ3v) is 3.80. The van der Waals surface area contributed by atoms with E-state index in [2.05, 4.69) is 24.1 Å². The first-order chi connectivity index (χ1) is 8.33. The molecule has 0 spiro atoms. The van der Waals surface area contributed by atoms with Crippen LogP contribution in [0.1, 0.15) is 65.2 Å². The maximum Gasteiger partial charge on any atom is 0.00387 e. The fraction of sp³-hybridized carbons (Fsp3) is 1.00. The summed E-state index contributed by atoms with van der Waals surface area (Å²) in [6.07, 6.45) is 11.1. The number of likely N-dealkylation sites (tertiary alicyclic amines) is 1. The first-order valence-corrected chi connectivity index (χ1v) is 7.78. The van der Waals surface area contributed by atoms with Crippen LogP contribution in [0.25, 0.3) is 0 Å². The van der Waals surface area contributed by atoms with Crippen LogP contribution in [0.2, 0.25) is 0 Å². The Labute approximate surface area is 108 Å². The maximum absolute atomic E-state index is 3.57. The molecule has 2 heteroatoms. The van der Waals surface area contributed by atoms with Crippen LogP contribution in [0, 0.1) is 0 Å². The summed E-state index contributed by atoms with van der Waals surface area (Å²) in [6, 6.07) is 0.707. The lowest BCUT2D eigenvalue weighted by molar-refractivity contribution is 0.276. The predicted molar refractivity (Wildman–Crippen MR) is 76.5 cm³/mol. The van der Waals surface area contributed by atoms with Gasteiger partial charge in [0, 0.05) is 6.04 Å². The van der Waals surface area contributed by atoms with Crippen LogP contribution < -0.4 is 5.32 Å². The van der Waals surface area contributed by atoms with Crippen LogP contribution >= 0.6 is 0 Å². The minimum atomic E-state index is 0.707. The Bertz CT molecular complexity index is 162. The summed E-state index contributed by atoms with van der Waals surface area (Å²) < 4.78 is 0. The Kier molecular flexibility index (Phi) is 8.72. The summed E-state index contributed by atoms with van der Waals surface area (Å²) in [5.41, 5.74) is 0. The largest absolute Gasteiger partial charge is 0.314 e. The molecule has 1 N–H and O–H groups in total. The van der Waals surface area contributed by atoms with Crippen LogP contribution in [-0.2, 0) is 0 Å². The SMILES string of the molecule is CCCNC(C)CCCCN1CCCCCC1. The highest BCUT2D eigenvalue weighted by Crippen LogP contribution is 2.11. The summed E-state index contributed by atoms with van der Waals surface area (Å²) >= 11 is 0. The van der Waals surface area contributed by atoms with Gasteiger partial charge in [0.1, 0.15) is 0 Å². The molecule has 1 unspecified atom stereocenters. The third-order valence-electron chi connectivity index (χ3n) is 3.80. The van der Waals surface area contributed by atoms with Crippen LogP contribution in [0.15, 0.2) is 0 Å². The first-order valence-electron chi connectivity index (χ1n) is 7.78. The van der Waals surface area contributed by atoms with Gasteiger partial charge in [0.25, 0.3) is 0 Å². The lowest BCUT2D eigenvalue weighted by atomic mass is 10.1. The molecule has 0 saturated carbocycles. The minimum absolute atomic E-state index is 0.707. The Balaban J connectivity index is 1.95. The zero-order valence-electron chi connectivity index (χ0n) is 12.0. The fourth-order valence-corrected chi connectivity index (χ4v) is 2.64. The molecule has 1 rings (SSSR count). The van der Waals surface area contributed by atoms with Gasteiger partial charge in [0.2, 0.25) is 0 Å². The van der Waals surface area contributed by atoms with Gasteiger partial charge in [-0.2, -0.15) is 0 Å². The molecule has 0 amide bonds. The highest BCUT2D eigenvalue weighted by Gasteiger charge is 2.08. The molecule has 2 nitrogen and oxygen atoms in total. The lowest BCUT2D eigenvalue weighted by Crippen LogP contribution is -2.28. The molecule has 0 aromatic carbocycles. The summed E-state index contributed by atoms with van der Waals surface area (Å²) in [7, 11) is 0. The second kappa shape index (κ2) is 9.90. The lowest BCUT2D eigenvalue weighted by Gasteiger charge is -2.20. The maximum atomic E-state index is 3.57. The van der Waals surface area contributed by atoms with Crippen molar-refractivity contribution in [2.45, 2.75) is 71.3 Å². The zero-order valence-corrected chi connectivity index (χ0v) is 12.0. The second-order valence-electron chi connectivity index (χ2n) is 5.61. The second-order valence-corrected chi connectivity index (χ2v) is 5.61. The quantitative estimate of drug-likeness (QED) is 0.654. The summed E-state index contributed by atoms with van der Waals surface area (Å²) in [6.45, 7) is 9.77. The fourth-order valence-electron chi connectivity index (χ4n) is 2.64. The van der Waals surface area contributed by atoms with Gasteiger partial charge in [0.05, 0.1) is 0 Å². The Morgan fingerprint density at radius 3 is 2.41 bits per heavy atom. The van der Waals surface area contributed by atoms with Gasteiger partial charge in [0.15, 0.2) is 0 Å². The third kappa shape index (κ3) is 7.77. The van der Waals surface area contributed by atoms with E-state index in [4.69, 9.17) is 0 Å². The van der Waals surface area contributed by atoms with Gasteiger partial charge in [-0.3, -0.25) is 0 Å². The average Bonchev–Trinajstić information content (AvgIpc) is 2.60. The smallest absolute Gasteiger partial charge is 0.00387 e. The Hall–Kier alpha value is -0.0800. The van der Waals surface area contributed by atoms with Crippen molar-refractivity contribution in [3.05, 3.63) is 0 Å². The highest BCUT2D eigenvalue weighted by molar-refractivity contribution is 4.65. The van der Waals surface area contributed by atoms with E-state index in [1.807, 2.05) is 0 Å². The predicted octanol–water partition coefficient (Wildman–Crippen LogP) is 3.42. The van der Waals surface area contributed by atoms with Gasteiger partial charge in [-0.1, -0.05) is 26.2 Å². The molecule has 1 aliphatic rings. The number of nitrogens with one attached hydrogen (secondary N) is 1. The number of hydrogen-bond donors (Lipinski definition) is 1. The summed E-state index contributed by atoms with van der Waals surface area (Å²) in [5, 5.41) is 3.57. The minimum Gasteiger partial charge on any atom is -0.314 e. The van der Waals surface area contributed by atoms with E-state index in [-0.39, 0.29) is 0 Å². The molecule has 1 heterocycles. The van der Waals surface area contributed by atoms with E-state index >= 15 is 0 Å². The monoisotopic (exact) mass is 240 g/mol. The topological polar surface area (TPSA) is 15.3 Å².